The van der Waals surface area contributed by atoms with Gasteiger partial charge in [0.2, 0.25) is 0 Å². The zero-order valence-corrected chi connectivity index (χ0v) is 8.57. The first-order valence-electron chi connectivity index (χ1n) is 4.43. The Morgan fingerprint density at radius 3 is 2.80 bits per heavy atom. The molecular weight excluding hydrogens is 198 g/mol. The van der Waals surface area contributed by atoms with Crippen molar-refractivity contribution in [3.05, 3.63) is 27.9 Å². The molecule has 0 radical (unpaired) electrons. The van der Waals surface area contributed by atoms with Crippen molar-refractivity contribution in [1.29, 1.82) is 0 Å². The fraction of sp³-hybridized carbons (Fsp3) is 0.625. The smallest absolute Gasteiger partial charge is 0.108 e. The molecule has 15 heavy (non-hydrogen) atoms. The van der Waals surface area contributed by atoms with Gasteiger partial charge in [0.05, 0.1) is 18.3 Å². The molecule has 0 saturated heterocycles. The van der Waals surface area contributed by atoms with Gasteiger partial charge < -0.3 is 10.2 Å². The predicted molar refractivity (Wildman–Crippen MR) is 52.9 cm³/mol. The molecule has 1 aromatic rings. The van der Waals surface area contributed by atoms with Crippen LogP contribution < -0.4 is 0 Å². The summed E-state index contributed by atoms with van der Waals surface area (Å²) in [6.07, 6.45) is -0.563. The van der Waals surface area contributed by atoms with Gasteiger partial charge in [-0.3, -0.25) is 4.68 Å². The normalized spacial score (nSPS) is 14.4. The van der Waals surface area contributed by atoms with E-state index in [0.717, 1.165) is 0 Å². The maximum atomic E-state index is 9.72. The van der Waals surface area contributed by atoms with Crippen LogP contribution in [-0.4, -0.2) is 32.6 Å². The molecule has 0 aliphatic carbocycles. The Kier molecular flexibility index (Phi) is 3.68. The number of hydrogen-bond acceptors (Lipinski definition) is 4. The van der Waals surface area contributed by atoms with Crippen LogP contribution >= 0.6 is 0 Å². The molecule has 0 aliphatic rings. The van der Waals surface area contributed by atoms with E-state index in [4.69, 9.17) is 5.53 Å². The van der Waals surface area contributed by atoms with Gasteiger partial charge in [0, 0.05) is 23.7 Å². The van der Waals surface area contributed by atoms with Crippen LogP contribution in [0.25, 0.3) is 10.4 Å². The molecule has 2 atom stereocenters. The summed E-state index contributed by atoms with van der Waals surface area (Å²) in [7, 11) is 1.73. The SMILES string of the molecule is Cc1nn(C)cc1C(O)C(O)CN=[N+]=[N-]. The predicted octanol–water partition coefficient (Wildman–Crippen LogP) is 0.433. The standard InChI is InChI=1S/C8H13N5O2/c1-5-6(4-13(2)11-5)8(15)7(14)3-10-12-9/h4,7-8,14-15H,3H2,1-2H3. The van der Waals surface area contributed by atoms with Crippen LogP contribution in [0.1, 0.15) is 17.4 Å². The fourth-order valence-electron chi connectivity index (χ4n) is 1.34. The summed E-state index contributed by atoms with van der Waals surface area (Å²) in [6, 6.07) is 0. The topological polar surface area (TPSA) is 107 Å². The van der Waals surface area contributed by atoms with Gasteiger partial charge in [-0.1, -0.05) is 5.11 Å². The van der Waals surface area contributed by atoms with Crippen molar-refractivity contribution in [2.75, 3.05) is 6.54 Å². The lowest BCUT2D eigenvalue weighted by Gasteiger charge is -2.14. The van der Waals surface area contributed by atoms with Crippen molar-refractivity contribution < 1.29 is 10.2 Å². The van der Waals surface area contributed by atoms with Gasteiger partial charge >= 0.3 is 0 Å². The maximum absolute atomic E-state index is 9.72. The monoisotopic (exact) mass is 211 g/mol. The van der Waals surface area contributed by atoms with E-state index in [1.807, 2.05) is 0 Å². The van der Waals surface area contributed by atoms with Crippen molar-refractivity contribution >= 4 is 0 Å². The van der Waals surface area contributed by atoms with Crippen molar-refractivity contribution in [1.82, 2.24) is 9.78 Å². The molecule has 1 heterocycles. The maximum Gasteiger partial charge on any atom is 0.108 e. The third kappa shape index (κ3) is 2.69. The van der Waals surface area contributed by atoms with Crippen LogP contribution in [0, 0.1) is 6.92 Å². The van der Waals surface area contributed by atoms with Crippen molar-refractivity contribution in [3.8, 4) is 0 Å². The highest BCUT2D eigenvalue weighted by atomic mass is 16.3. The Morgan fingerprint density at radius 1 is 1.67 bits per heavy atom. The van der Waals surface area contributed by atoms with Gasteiger partial charge in [0.1, 0.15) is 6.10 Å². The van der Waals surface area contributed by atoms with E-state index in [0.29, 0.717) is 11.3 Å². The van der Waals surface area contributed by atoms with E-state index in [2.05, 4.69) is 15.1 Å². The number of aryl methyl sites for hydroxylation is 2. The molecule has 0 aromatic carbocycles. The zero-order valence-electron chi connectivity index (χ0n) is 8.57. The first kappa shape index (κ1) is 11.5. The Balaban J connectivity index is 2.79. The van der Waals surface area contributed by atoms with E-state index >= 15 is 0 Å². The van der Waals surface area contributed by atoms with Crippen LogP contribution in [0.4, 0.5) is 0 Å². The average molecular weight is 211 g/mol. The molecule has 0 aliphatic heterocycles. The van der Waals surface area contributed by atoms with E-state index in [1.165, 1.54) is 0 Å². The highest BCUT2D eigenvalue weighted by Crippen LogP contribution is 2.19. The highest BCUT2D eigenvalue weighted by molar-refractivity contribution is 5.19. The molecule has 1 rings (SSSR count). The third-order valence-corrected chi connectivity index (χ3v) is 2.07. The lowest BCUT2D eigenvalue weighted by Crippen LogP contribution is -2.21. The Hall–Kier alpha value is -1.56. The van der Waals surface area contributed by atoms with Gasteiger partial charge in [0.15, 0.2) is 0 Å². The molecular formula is C8H13N5O2. The van der Waals surface area contributed by atoms with Crippen molar-refractivity contribution in [3.63, 3.8) is 0 Å². The summed E-state index contributed by atoms with van der Waals surface area (Å²) in [5, 5.41) is 26.4. The van der Waals surface area contributed by atoms with Gasteiger partial charge in [-0.2, -0.15) is 5.10 Å². The summed E-state index contributed by atoms with van der Waals surface area (Å²) in [6.45, 7) is 1.57. The minimum absolute atomic E-state index is 0.161. The van der Waals surface area contributed by atoms with Gasteiger partial charge in [-0.15, -0.1) is 0 Å². The highest BCUT2D eigenvalue weighted by Gasteiger charge is 2.21. The van der Waals surface area contributed by atoms with Crippen LogP contribution in [-0.2, 0) is 7.05 Å². The number of aromatic nitrogens is 2. The van der Waals surface area contributed by atoms with Crippen molar-refractivity contribution in [2.45, 2.75) is 19.1 Å². The molecule has 0 bridgehead atoms. The molecule has 2 unspecified atom stereocenters. The second-order valence-corrected chi connectivity index (χ2v) is 3.27. The second kappa shape index (κ2) is 4.79. The van der Waals surface area contributed by atoms with Crippen LogP contribution in [0.2, 0.25) is 0 Å². The summed E-state index contributed by atoms with van der Waals surface area (Å²) in [4.78, 5) is 2.51. The molecule has 0 saturated carbocycles. The first-order valence-corrected chi connectivity index (χ1v) is 4.43. The van der Waals surface area contributed by atoms with Gasteiger partial charge in [0.25, 0.3) is 0 Å². The molecule has 0 fully saturated rings. The number of nitrogens with zero attached hydrogens (tertiary/aromatic N) is 5. The van der Waals surface area contributed by atoms with Crippen LogP contribution in [0.5, 0.6) is 0 Å². The number of hydrogen-bond donors (Lipinski definition) is 2. The van der Waals surface area contributed by atoms with E-state index in [9.17, 15) is 10.2 Å². The lowest BCUT2D eigenvalue weighted by atomic mass is 10.1. The third-order valence-electron chi connectivity index (χ3n) is 2.07. The van der Waals surface area contributed by atoms with E-state index in [1.54, 1.807) is 24.9 Å². The number of rotatable bonds is 4. The Labute approximate surface area is 86.6 Å². The van der Waals surface area contributed by atoms with Gasteiger partial charge in [-0.25, -0.2) is 0 Å². The molecule has 82 valence electrons. The van der Waals surface area contributed by atoms with E-state index < -0.39 is 12.2 Å². The first-order chi connectivity index (χ1) is 7.06. The molecule has 2 N–H and O–H groups in total. The minimum Gasteiger partial charge on any atom is -0.390 e. The molecule has 7 nitrogen and oxygen atoms in total. The van der Waals surface area contributed by atoms with Crippen molar-refractivity contribution in [2.24, 2.45) is 12.2 Å². The summed E-state index contributed by atoms with van der Waals surface area (Å²) < 4.78 is 1.55. The fourth-order valence-corrected chi connectivity index (χ4v) is 1.34. The zero-order chi connectivity index (χ0) is 11.4. The largest absolute Gasteiger partial charge is 0.390 e. The Morgan fingerprint density at radius 2 is 2.33 bits per heavy atom. The van der Waals surface area contributed by atoms with E-state index in [-0.39, 0.29) is 6.54 Å². The van der Waals surface area contributed by atoms with Crippen LogP contribution in [0.3, 0.4) is 0 Å². The summed E-state index contributed by atoms with van der Waals surface area (Å²) >= 11 is 0. The van der Waals surface area contributed by atoms with Crippen LogP contribution in [0.15, 0.2) is 11.3 Å². The average Bonchev–Trinajstić information content (AvgIpc) is 2.53. The van der Waals surface area contributed by atoms with Gasteiger partial charge in [-0.05, 0) is 12.5 Å². The summed E-state index contributed by atoms with van der Waals surface area (Å²) in [5.74, 6) is 0. The number of azide groups is 1. The molecule has 0 amide bonds. The number of aliphatic hydroxyl groups is 2. The molecule has 1 aromatic heterocycles. The Bertz CT molecular complexity index is 382. The second-order valence-electron chi connectivity index (χ2n) is 3.27. The number of aliphatic hydroxyl groups excluding tert-OH is 2. The minimum atomic E-state index is -1.11. The lowest BCUT2D eigenvalue weighted by molar-refractivity contribution is 0.0240. The molecule has 7 heteroatoms. The molecule has 0 spiro atoms. The summed E-state index contributed by atoms with van der Waals surface area (Å²) in [5.41, 5.74) is 9.26. The quantitative estimate of drug-likeness (QED) is 0.428.